The van der Waals surface area contributed by atoms with Crippen LogP contribution in [0.5, 0.6) is 0 Å². The van der Waals surface area contributed by atoms with E-state index in [9.17, 15) is 34.2 Å². The summed E-state index contributed by atoms with van der Waals surface area (Å²) < 4.78 is 0. The van der Waals surface area contributed by atoms with Crippen molar-refractivity contribution in [2.45, 2.75) is 242 Å². The minimum Gasteiger partial charge on any atom is -0.394 e. The van der Waals surface area contributed by atoms with Crippen LogP contribution < -0.4 is 21.7 Å². The zero-order valence-electron chi connectivity index (χ0n) is 61.9. The monoisotopic (exact) mass is 1340 g/mol. The Morgan fingerprint density at radius 3 is 1.37 bits per heavy atom. The summed E-state index contributed by atoms with van der Waals surface area (Å²) in [5.41, 5.74) is 5.99. The second-order valence-electron chi connectivity index (χ2n) is 27.9. The first-order valence-corrected chi connectivity index (χ1v) is 34.9. The molecular weight excluding hydrogens is 1210 g/mol. The van der Waals surface area contributed by atoms with Gasteiger partial charge in [0.15, 0.2) is 5.37 Å². The van der Waals surface area contributed by atoms with E-state index in [4.69, 9.17) is 5.73 Å². The molecule has 0 aliphatic rings. The predicted molar refractivity (Wildman–Crippen MR) is 371 cm³/mol. The van der Waals surface area contributed by atoms with Crippen LogP contribution in [0.2, 0.25) is 0 Å². The number of likely N-dealkylation sites (N-methyl/N-ethyl adjacent to an activating group) is 7. The standard InChI is InChI=1S/C68H128N12O12S/c1-27-31-33-46(17)57(82)56(78(25)66(91)55(45(15)16)77(24)64(89)52(38-42(9)10)75(22)63(88)51(37-41(7)8)74(21)61(86)48(19)69)60(85)71-49(28-2)62(87)79(26)68(93-35-32-34-80(29-3)30-4)67(92)76(23)54(44(13)14)59(84)72-53(43(11)12)65(90)73(20)50(36-40(5)6)58(83)70-47(18)39-81/h27,31,40-57,68,81-82H,28-30,32-39,69H2,1-26H3,(H,70,83)(H,71,85)(H,72,84)/b31-27+/t46-,47-,48-,49+,50+,51+,52+,53?,54?,55+,56+,57-,68-/m1/s1. The van der Waals surface area contributed by atoms with Crippen molar-refractivity contribution in [1.29, 1.82) is 0 Å². The lowest BCUT2D eigenvalue weighted by molar-refractivity contribution is -0.157. The minimum atomic E-state index is -1.63. The van der Waals surface area contributed by atoms with Crippen molar-refractivity contribution in [3.05, 3.63) is 12.2 Å². The number of thioether (sulfide) groups is 1. The van der Waals surface area contributed by atoms with Gasteiger partial charge in [0.2, 0.25) is 53.2 Å². The molecule has 0 fully saturated rings. The molecule has 0 saturated heterocycles. The van der Waals surface area contributed by atoms with E-state index in [-0.39, 0.29) is 37.2 Å². The number of nitrogens with two attached hydrogens (primary N) is 1. The van der Waals surface area contributed by atoms with Crippen molar-refractivity contribution in [1.82, 2.24) is 55.1 Å². The first-order valence-electron chi connectivity index (χ1n) is 33.9. The maximum atomic E-state index is 15.3. The van der Waals surface area contributed by atoms with Gasteiger partial charge in [0.05, 0.1) is 18.8 Å². The van der Waals surface area contributed by atoms with Crippen LogP contribution in [0.3, 0.4) is 0 Å². The predicted octanol–water partition coefficient (Wildman–Crippen LogP) is 4.49. The highest BCUT2D eigenvalue weighted by Gasteiger charge is 2.46. The van der Waals surface area contributed by atoms with Gasteiger partial charge in [0.25, 0.3) is 5.91 Å². The van der Waals surface area contributed by atoms with Crippen LogP contribution >= 0.6 is 11.8 Å². The molecule has 0 radical (unpaired) electrons. The SMILES string of the molecule is C/C=C/C[C@@H](C)[C@@H](O)[C@@H](C(=O)N[C@@H](CC)C(=O)N(C)[C@H](SCCCN(CC)CC)C(=O)N(C)C(C(=O)NC(C(=O)N(C)[C@@H](CC(C)C)C(=O)N[C@H](C)CO)C(C)C)C(C)C)N(C)C(=O)[C@H](C(C)C)N(C)C(=O)[C@H](CC(C)C)N(C)C(=O)[C@H](CC(C)C)N(C)C(=O)[C@@H](C)N. The highest BCUT2D eigenvalue weighted by atomic mass is 32.2. The van der Waals surface area contributed by atoms with Gasteiger partial charge >= 0.3 is 0 Å². The first kappa shape index (κ1) is 87.6. The molecule has 24 nitrogen and oxygen atoms in total. The lowest BCUT2D eigenvalue weighted by atomic mass is 9.91. The summed E-state index contributed by atoms with van der Waals surface area (Å²) >= 11 is 1.20. The largest absolute Gasteiger partial charge is 0.394 e. The van der Waals surface area contributed by atoms with E-state index < -0.39 is 155 Å². The fourth-order valence-electron chi connectivity index (χ4n) is 11.5. The average molecular weight is 1340 g/mol. The van der Waals surface area contributed by atoms with E-state index >= 15 is 24.0 Å². The van der Waals surface area contributed by atoms with Crippen molar-refractivity contribution >= 4 is 70.8 Å². The number of aliphatic hydroxyl groups excluding tert-OH is 2. The summed E-state index contributed by atoms with van der Waals surface area (Å²) in [6.07, 6.45) is 3.84. The van der Waals surface area contributed by atoms with Gasteiger partial charge in [0.1, 0.15) is 48.3 Å². The molecule has 10 amide bonds. The number of aliphatic hydroxyl groups is 2. The summed E-state index contributed by atoms with van der Waals surface area (Å²) in [5, 5.41) is 29.2. The molecule has 0 aliphatic heterocycles. The van der Waals surface area contributed by atoms with Crippen LogP contribution in [0.25, 0.3) is 0 Å². The number of hydrogen-bond donors (Lipinski definition) is 6. The molecule has 0 aromatic carbocycles. The highest BCUT2D eigenvalue weighted by Crippen LogP contribution is 2.27. The van der Waals surface area contributed by atoms with E-state index in [2.05, 4.69) is 20.9 Å². The number of rotatable bonds is 42. The van der Waals surface area contributed by atoms with Gasteiger partial charge in [-0.25, -0.2) is 0 Å². The van der Waals surface area contributed by atoms with E-state index in [1.165, 1.54) is 97.4 Å². The Hall–Kier alpha value is -5.37. The van der Waals surface area contributed by atoms with Gasteiger partial charge in [-0.05, 0) is 126 Å². The number of nitrogens with one attached hydrogen (secondary N) is 3. The van der Waals surface area contributed by atoms with Crippen LogP contribution in [0.15, 0.2) is 12.2 Å². The average Bonchev–Trinajstić information content (AvgIpc) is 0.842. The van der Waals surface area contributed by atoms with Gasteiger partial charge < -0.3 is 71.1 Å². The Bertz CT molecular complexity index is 2410. The number of carbonyl (C=O) groups is 10. The highest BCUT2D eigenvalue weighted by molar-refractivity contribution is 8.00. The number of carbonyl (C=O) groups excluding carboxylic acids is 10. The molecule has 0 bridgehead atoms. The number of amides is 10. The third kappa shape index (κ3) is 26.3. The summed E-state index contributed by atoms with van der Waals surface area (Å²) in [6, 6.07) is -10.9. The van der Waals surface area contributed by atoms with Gasteiger partial charge in [-0.2, -0.15) is 0 Å². The van der Waals surface area contributed by atoms with Crippen LogP contribution in [-0.2, 0) is 47.9 Å². The minimum absolute atomic E-state index is 0.00135. The molecule has 25 heteroatoms. The summed E-state index contributed by atoms with van der Waals surface area (Å²) in [4.78, 5) is 157. The molecule has 2 unspecified atom stereocenters. The second-order valence-corrected chi connectivity index (χ2v) is 29.0. The fourth-order valence-corrected chi connectivity index (χ4v) is 12.7. The zero-order chi connectivity index (χ0) is 72.4. The summed E-state index contributed by atoms with van der Waals surface area (Å²) in [5.74, 6) is -7.83. The van der Waals surface area contributed by atoms with Crippen molar-refractivity contribution < 1.29 is 58.2 Å². The molecule has 0 aliphatic carbocycles. The van der Waals surface area contributed by atoms with Crippen molar-refractivity contribution in [2.75, 3.05) is 81.3 Å². The second kappa shape index (κ2) is 42.2. The maximum Gasteiger partial charge on any atom is 0.256 e. The van der Waals surface area contributed by atoms with Crippen molar-refractivity contribution in [3.8, 4) is 0 Å². The molecule has 0 saturated carbocycles. The normalized spacial score (nSPS) is 16.2. The quantitative estimate of drug-likeness (QED) is 0.0279. The smallest absolute Gasteiger partial charge is 0.256 e. The molecule has 0 rings (SSSR count). The van der Waals surface area contributed by atoms with E-state index in [1.807, 2.05) is 68.4 Å². The summed E-state index contributed by atoms with van der Waals surface area (Å²) in [6.45, 7) is 36.5. The van der Waals surface area contributed by atoms with Gasteiger partial charge in [0, 0.05) is 55.4 Å². The van der Waals surface area contributed by atoms with Crippen LogP contribution in [-0.4, -0.2) is 262 Å². The molecule has 0 aromatic rings. The Labute approximate surface area is 564 Å². The molecule has 538 valence electrons. The van der Waals surface area contributed by atoms with Crippen LogP contribution in [0.4, 0.5) is 0 Å². The number of allylic oxidation sites excluding steroid dienone is 2. The number of hydrogen-bond acceptors (Lipinski definition) is 15. The van der Waals surface area contributed by atoms with E-state index in [1.54, 1.807) is 68.4 Å². The Kier molecular flexibility index (Phi) is 39.8. The zero-order valence-corrected chi connectivity index (χ0v) is 62.8. The van der Waals surface area contributed by atoms with Crippen molar-refractivity contribution in [3.63, 3.8) is 0 Å². The molecule has 0 aromatic heterocycles. The molecule has 7 N–H and O–H groups in total. The lowest BCUT2D eigenvalue weighted by Gasteiger charge is -2.41. The Balaban J connectivity index is 7.73. The molecule has 0 heterocycles. The fraction of sp³-hybridized carbons (Fsp3) is 0.824. The topological polar surface area (TPSA) is 299 Å². The van der Waals surface area contributed by atoms with Gasteiger partial charge in [-0.1, -0.05) is 123 Å². The van der Waals surface area contributed by atoms with Crippen LogP contribution in [0.1, 0.15) is 170 Å². The lowest BCUT2D eigenvalue weighted by Crippen LogP contribution is -2.64. The molecule has 0 spiro atoms. The number of nitrogens with zero attached hydrogens (tertiary/aromatic N) is 8. The maximum absolute atomic E-state index is 15.3. The third-order valence-corrected chi connectivity index (χ3v) is 18.8. The Morgan fingerprint density at radius 1 is 0.495 bits per heavy atom. The summed E-state index contributed by atoms with van der Waals surface area (Å²) in [7, 11) is 10.3. The van der Waals surface area contributed by atoms with Gasteiger partial charge in [-0.15, -0.1) is 11.8 Å². The van der Waals surface area contributed by atoms with E-state index in [0.29, 0.717) is 38.0 Å². The Morgan fingerprint density at radius 2 is 0.935 bits per heavy atom. The third-order valence-electron chi connectivity index (χ3n) is 17.4. The van der Waals surface area contributed by atoms with Crippen LogP contribution in [0, 0.1) is 41.4 Å². The van der Waals surface area contributed by atoms with Crippen molar-refractivity contribution in [2.24, 2.45) is 47.2 Å². The first-order chi connectivity index (χ1) is 43.1. The molecule has 13 atom stereocenters. The van der Waals surface area contributed by atoms with E-state index in [0.717, 1.165) is 18.0 Å². The van der Waals surface area contributed by atoms with Gasteiger partial charge in [-0.3, -0.25) is 47.9 Å². The molecule has 93 heavy (non-hydrogen) atoms. The molecular formula is C68H128N12O12S.